The SMILES string of the molecule is Brc1cccnc1-n1cccc1. The number of nitrogens with zero attached hydrogens (tertiary/aromatic N) is 2. The van der Waals surface area contributed by atoms with Gasteiger partial charge in [0, 0.05) is 18.6 Å². The molecule has 0 bridgehead atoms. The Bertz CT molecular complexity index is 368. The molecule has 0 saturated heterocycles. The van der Waals surface area contributed by atoms with E-state index < -0.39 is 0 Å². The molecule has 0 aromatic carbocycles. The summed E-state index contributed by atoms with van der Waals surface area (Å²) in [5.41, 5.74) is 0. The van der Waals surface area contributed by atoms with Crippen molar-refractivity contribution in [3.8, 4) is 5.82 Å². The van der Waals surface area contributed by atoms with Crippen molar-refractivity contribution in [1.29, 1.82) is 0 Å². The summed E-state index contributed by atoms with van der Waals surface area (Å²) in [6.45, 7) is 0. The Kier molecular flexibility index (Phi) is 1.96. The zero-order chi connectivity index (χ0) is 8.39. The van der Waals surface area contributed by atoms with Gasteiger partial charge >= 0.3 is 0 Å². The van der Waals surface area contributed by atoms with Crippen molar-refractivity contribution < 1.29 is 0 Å². The maximum Gasteiger partial charge on any atom is 0.150 e. The minimum atomic E-state index is 0.919. The van der Waals surface area contributed by atoms with E-state index in [2.05, 4.69) is 20.9 Å². The molecule has 60 valence electrons. The highest BCUT2D eigenvalue weighted by molar-refractivity contribution is 9.10. The van der Waals surface area contributed by atoms with E-state index in [1.165, 1.54) is 0 Å². The number of hydrogen-bond donors (Lipinski definition) is 0. The van der Waals surface area contributed by atoms with E-state index in [0.29, 0.717) is 0 Å². The van der Waals surface area contributed by atoms with Gasteiger partial charge < -0.3 is 4.57 Å². The Balaban J connectivity index is 2.55. The Morgan fingerprint density at radius 3 is 2.58 bits per heavy atom. The highest BCUT2D eigenvalue weighted by atomic mass is 79.9. The van der Waals surface area contributed by atoms with Crippen molar-refractivity contribution in [2.45, 2.75) is 0 Å². The fraction of sp³-hybridized carbons (Fsp3) is 0. The van der Waals surface area contributed by atoms with Gasteiger partial charge in [0.25, 0.3) is 0 Å². The van der Waals surface area contributed by atoms with E-state index in [0.717, 1.165) is 10.3 Å². The first kappa shape index (κ1) is 7.55. The number of pyridine rings is 1. The molecule has 2 aromatic rings. The zero-order valence-electron chi connectivity index (χ0n) is 6.31. The van der Waals surface area contributed by atoms with Crippen LogP contribution >= 0.6 is 15.9 Å². The van der Waals surface area contributed by atoms with Crippen LogP contribution in [0.5, 0.6) is 0 Å². The summed E-state index contributed by atoms with van der Waals surface area (Å²) in [5.74, 6) is 0.919. The van der Waals surface area contributed by atoms with Gasteiger partial charge in [-0.05, 0) is 40.2 Å². The molecule has 0 aliphatic carbocycles. The molecule has 0 unspecified atom stereocenters. The predicted molar refractivity (Wildman–Crippen MR) is 51.3 cm³/mol. The molecule has 2 aromatic heterocycles. The second-order valence-corrected chi connectivity index (χ2v) is 3.25. The molecule has 0 atom stereocenters. The van der Waals surface area contributed by atoms with Gasteiger partial charge in [-0.25, -0.2) is 4.98 Å². The van der Waals surface area contributed by atoms with Crippen molar-refractivity contribution in [1.82, 2.24) is 9.55 Å². The van der Waals surface area contributed by atoms with Gasteiger partial charge in [-0.15, -0.1) is 0 Å². The molecule has 0 saturated carbocycles. The van der Waals surface area contributed by atoms with Crippen LogP contribution in [0, 0.1) is 0 Å². The molecule has 2 nitrogen and oxygen atoms in total. The van der Waals surface area contributed by atoms with Gasteiger partial charge in [0.05, 0.1) is 4.47 Å². The standard InChI is InChI=1S/C9H7BrN2/c10-8-4-3-5-11-9(8)12-6-1-2-7-12/h1-7H. The van der Waals surface area contributed by atoms with Crippen molar-refractivity contribution in [2.24, 2.45) is 0 Å². The molecule has 2 heterocycles. The lowest BCUT2D eigenvalue weighted by atomic mass is 10.4. The van der Waals surface area contributed by atoms with Crippen LogP contribution in [-0.2, 0) is 0 Å². The highest BCUT2D eigenvalue weighted by Crippen LogP contribution is 2.17. The fourth-order valence-corrected chi connectivity index (χ4v) is 1.50. The summed E-state index contributed by atoms with van der Waals surface area (Å²) in [4.78, 5) is 4.24. The Morgan fingerprint density at radius 1 is 1.17 bits per heavy atom. The molecule has 0 aliphatic heterocycles. The summed E-state index contributed by atoms with van der Waals surface area (Å²) >= 11 is 3.43. The van der Waals surface area contributed by atoms with Gasteiger partial charge in [0.2, 0.25) is 0 Å². The van der Waals surface area contributed by atoms with Crippen LogP contribution in [0.25, 0.3) is 5.82 Å². The number of aromatic nitrogens is 2. The fourth-order valence-electron chi connectivity index (χ4n) is 1.04. The average molecular weight is 223 g/mol. The van der Waals surface area contributed by atoms with Crippen LogP contribution in [-0.4, -0.2) is 9.55 Å². The molecule has 3 heteroatoms. The van der Waals surface area contributed by atoms with E-state index >= 15 is 0 Å². The Morgan fingerprint density at radius 2 is 1.92 bits per heavy atom. The molecule has 2 rings (SSSR count). The second kappa shape index (κ2) is 3.11. The van der Waals surface area contributed by atoms with Crippen LogP contribution in [0.1, 0.15) is 0 Å². The van der Waals surface area contributed by atoms with Crippen LogP contribution < -0.4 is 0 Å². The summed E-state index contributed by atoms with van der Waals surface area (Å²) < 4.78 is 2.96. The van der Waals surface area contributed by atoms with Crippen molar-refractivity contribution >= 4 is 15.9 Å². The smallest absolute Gasteiger partial charge is 0.150 e. The van der Waals surface area contributed by atoms with Crippen LogP contribution in [0.15, 0.2) is 47.3 Å². The predicted octanol–water partition coefficient (Wildman–Crippen LogP) is 2.63. The first-order valence-corrected chi connectivity index (χ1v) is 4.41. The van der Waals surface area contributed by atoms with Crippen molar-refractivity contribution in [2.75, 3.05) is 0 Å². The normalized spacial score (nSPS) is 10.1. The lowest BCUT2D eigenvalue weighted by Crippen LogP contribution is -1.93. The third kappa shape index (κ3) is 1.28. The van der Waals surface area contributed by atoms with Crippen LogP contribution in [0.4, 0.5) is 0 Å². The van der Waals surface area contributed by atoms with E-state index in [9.17, 15) is 0 Å². The first-order chi connectivity index (χ1) is 5.88. The topological polar surface area (TPSA) is 17.8 Å². The maximum atomic E-state index is 4.24. The molecule has 12 heavy (non-hydrogen) atoms. The maximum absolute atomic E-state index is 4.24. The third-order valence-corrected chi connectivity index (χ3v) is 2.21. The zero-order valence-corrected chi connectivity index (χ0v) is 7.90. The van der Waals surface area contributed by atoms with Crippen molar-refractivity contribution in [3.63, 3.8) is 0 Å². The number of hydrogen-bond acceptors (Lipinski definition) is 1. The van der Waals surface area contributed by atoms with Gasteiger partial charge in [-0.1, -0.05) is 0 Å². The summed E-state index contributed by atoms with van der Waals surface area (Å²) in [5, 5.41) is 0. The molecular formula is C9H7BrN2. The van der Waals surface area contributed by atoms with Crippen LogP contribution in [0.2, 0.25) is 0 Å². The first-order valence-electron chi connectivity index (χ1n) is 3.62. The molecule has 0 N–H and O–H groups in total. The van der Waals surface area contributed by atoms with Gasteiger partial charge in [0.1, 0.15) is 0 Å². The van der Waals surface area contributed by atoms with E-state index in [-0.39, 0.29) is 0 Å². The number of halogens is 1. The van der Waals surface area contributed by atoms with Crippen molar-refractivity contribution in [3.05, 3.63) is 47.3 Å². The molecular weight excluding hydrogens is 216 g/mol. The Hall–Kier alpha value is -1.09. The lowest BCUT2D eigenvalue weighted by Gasteiger charge is -2.02. The van der Waals surface area contributed by atoms with E-state index in [4.69, 9.17) is 0 Å². The largest absolute Gasteiger partial charge is 0.308 e. The quantitative estimate of drug-likeness (QED) is 0.726. The summed E-state index contributed by atoms with van der Waals surface area (Å²) in [7, 11) is 0. The second-order valence-electron chi connectivity index (χ2n) is 2.40. The van der Waals surface area contributed by atoms with E-state index in [1.807, 2.05) is 41.2 Å². The van der Waals surface area contributed by atoms with Gasteiger partial charge in [0.15, 0.2) is 5.82 Å². The van der Waals surface area contributed by atoms with Gasteiger partial charge in [-0.3, -0.25) is 0 Å². The molecule has 0 fully saturated rings. The molecule has 0 amide bonds. The van der Waals surface area contributed by atoms with Crippen LogP contribution in [0.3, 0.4) is 0 Å². The molecule has 0 radical (unpaired) electrons. The average Bonchev–Trinajstić information content (AvgIpc) is 2.57. The Labute approximate surface area is 79.0 Å². The lowest BCUT2D eigenvalue weighted by molar-refractivity contribution is 0.999. The highest BCUT2D eigenvalue weighted by Gasteiger charge is 1.99. The molecule has 0 spiro atoms. The van der Waals surface area contributed by atoms with E-state index in [1.54, 1.807) is 6.20 Å². The minimum absolute atomic E-state index is 0.919. The summed E-state index contributed by atoms with van der Waals surface area (Å²) in [6, 6.07) is 7.82. The minimum Gasteiger partial charge on any atom is -0.308 e. The summed E-state index contributed by atoms with van der Waals surface area (Å²) in [6.07, 6.45) is 5.71. The number of rotatable bonds is 1. The molecule has 0 aliphatic rings. The monoisotopic (exact) mass is 222 g/mol. The third-order valence-electron chi connectivity index (χ3n) is 1.59. The van der Waals surface area contributed by atoms with Gasteiger partial charge in [-0.2, -0.15) is 0 Å².